The van der Waals surface area contributed by atoms with Crippen molar-refractivity contribution in [2.75, 3.05) is 19.5 Å². The van der Waals surface area contributed by atoms with Gasteiger partial charge in [0.1, 0.15) is 17.3 Å². The lowest BCUT2D eigenvalue weighted by Gasteiger charge is -2.28. The Bertz CT molecular complexity index is 911. The Morgan fingerprint density at radius 1 is 1.26 bits per heavy atom. The predicted octanol–water partition coefficient (Wildman–Crippen LogP) is 4.01. The highest BCUT2D eigenvalue weighted by atomic mass is 16.5. The van der Waals surface area contributed by atoms with Gasteiger partial charge < -0.3 is 24.4 Å². The number of amides is 1. The molecule has 0 unspecified atom stereocenters. The number of hydrogen-bond acceptors (Lipinski definition) is 6. The van der Waals surface area contributed by atoms with Crippen LogP contribution in [-0.2, 0) is 6.42 Å². The summed E-state index contributed by atoms with van der Waals surface area (Å²) in [5.74, 6) is 1.57. The zero-order chi connectivity index (χ0) is 19.8. The van der Waals surface area contributed by atoms with Crippen LogP contribution in [0.5, 0.6) is 11.5 Å². The summed E-state index contributed by atoms with van der Waals surface area (Å²) in [6.07, 6.45) is 1.28. The Hall–Kier alpha value is -2.96. The largest absolute Gasteiger partial charge is 0.497 e. The fourth-order valence-electron chi connectivity index (χ4n) is 3.51. The average Bonchev–Trinajstić information content (AvgIpc) is 2.96. The van der Waals surface area contributed by atoms with Gasteiger partial charge >= 0.3 is 0 Å². The third kappa shape index (κ3) is 3.49. The van der Waals surface area contributed by atoms with Crippen LogP contribution in [0.25, 0.3) is 0 Å². The molecule has 0 aliphatic heterocycles. The number of hydrogen-bond donors (Lipinski definition) is 2. The maximum atomic E-state index is 12.9. The Kier molecular flexibility index (Phi) is 4.87. The molecule has 1 aliphatic carbocycles. The molecule has 1 heterocycles. The number of rotatable bonds is 4. The maximum Gasteiger partial charge on any atom is 0.291 e. The molecule has 0 saturated carbocycles. The smallest absolute Gasteiger partial charge is 0.291 e. The lowest BCUT2D eigenvalue weighted by Crippen LogP contribution is -2.27. The van der Waals surface area contributed by atoms with Crippen LogP contribution >= 0.6 is 0 Å². The number of methoxy groups -OCH3 is 2. The van der Waals surface area contributed by atoms with Gasteiger partial charge in [0.05, 0.1) is 25.6 Å². The molecule has 7 nitrogen and oxygen atoms in total. The summed E-state index contributed by atoms with van der Waals surface area (Å²) in [5, 5.41) is 15.7. The molecular formula is C20H24N2O5. The summed E-state index contributed by atoms with van der Waals surface area (Å²) >= 11 is 0. The topological polar surface area (TPSA) is 93.3 Å². The van der Waals surface area contributed by atoms with E-state index >= 15 is 0 Å². The quantitative estimate of drug-likeness (QED) is 0.625. The first-order chi connectivity index (χ1) is 12.8. The van der Waals surface area contributed by atoms with E-state index in [2.05, 4.69) is 24.3 Å². The second-order valence-electron chi connectivity index (χ2n) is 7.44. The number of anilines is 1. The minimum absolute atomic E-state index is 0.109. The molecule has 27 heavy (non-hydrogen) atoms. The van der Waals surface area contributed by atoms with E-state index in [1.54, 1.807) is 32.2 Å². The lowest BCUT2D eigenvalue weighted by atomic mass is 9.75. The van der Waals surface area contributed by atoms with Crippen molar-refractivity contribution < 1.29 is 23.9 Å². The molecule has 1 amide bonds. The number of ether oxygens (including phenoxy) is 2. The van der Waals surface area contributed by atoms with Crippen molar-refractivity contribution >= 4 is 17.3 Å². The third-order valence-electron chi connectivity index (χ3n) is 4.78. The van der Waals surface area contributed by atoms with E-state index in [0.29, 0.717) is 47.1 Å². The van der Waals surface area contributed by atoms with Crippen LogP contribution in [-0.4, -0.2) is 31.0 Å². The van der Waals surface area contributed by atoms with Crippen molar-refractivity contribution in [3.05, 3.63) is 40.8 Å². The van der Waals surface area contributed by atoms with E-state index in [4.69, 9.17) is 13.9 Å². The summed E-state index contributed by atoms with van der Waals surface area (Å²) < 4.78 is 16.4. The molecule has 0 saturated heterocycles. The molecule has 0 radical (unpaired) electrons. The number of nitrogens with zero attached hydrogens (tertiary/aromatic N) is 1. The minimum Gasteiger partial charge on any atom is -0.497 e. The van der Waals surface area contributed by atoms with Gasteiger partial charge in [-0.05, 0) is 30.9 Å². The second kappa shape index (κ2) is 6.98. The van der Waals surface area contributed by atoms with Gasteiger partial charge in [0.2, 0.25) is 0 Å². The van der Waals surface area contributed by atoms with Crippen molar-refractivity contribution in [3.63, 3.8) is 0 Å². The standard InChI is InChI=1S/C20H24N2O5/c1-11-17-14(22-24)9-20(2,3)10-16(17)27-18(11)19(23)21-13-8-12(25-4)6-7-15(13)26-5/h6-8,24H,9-10H2,1-5H3,(H,21,23)/b22-14-. The summed E-state index contributed by atoms with van der Waals surface area (Å²) in [6, 6.07) is 5.14. The first-order valence-corrected chi connectivity index (χ1v) is 8.66. The highest BCUT2D eigenvalue weighted by Gasteiger charge is 2.36. The SMILES string of the molecule is COc1ccc(OC)c(NC(=O)c2oc3c(c2C)/C(=N\O)CC(C)(C)C3)c1. The van der Waals surface area contributed by atoms with E-state index in [1.165, 1.54) is 7.11 Å². The third-order valence-corrected chi connectivity index (χ3v) is 4.78. The maximum absolute atomic E-state index is 12.9. The van der Waals surface area contributed by atoms with Crippen LogP contribution in [0.4, 0.5) is 5.69 Å². The van der Waals surface area contributed by atoms with Crippen molar-refractivity contribution in [2.45, 2.75) is 33.6 Å². The minimum atomic E-state index is -0.399. The van der Waals surface area contributed by atoms with Crippen LogP contribution in [0.15, 0.2) is 27.8 Å². The van der Waals surface area contributed by atoms with Crippen LogP contribution in [0.3, 0.4) is 0 Å². The van der Waals surface area contributed by atoms with E-state index in [1.807, 2.05) is 0 Å². The van der Waals surface area contributed by atoms with Gasteiger partial charge in [0, 0.05) is 23.6 Å². The normalized spacial score (nSPS) is 16.7. The van der Waals surface area contributed by atoms with E-state index in [0.717, 1.165) is 5.56 Å². The van der Waals surface area contributed by atoms with Crippen molar-refractivity contribution in [1.82, 2.24) is 0 Å². The molecule has 2 N–H and O–H groups in total. The van der Waals surface area contributed by atoms with Gasteiger partial charge in [0.15, 0.2) is 5.76 Å². The Balaban J connectivity index is 1.97. The zero-order valence-electron chi connectivity index (χ0n) is 16.2. The molecule has 7 heteroatoms. The molecule has 0 spiro atoms. The van der Waals surface area contributed by atoms with Gasteiger partial charge in [-0.2, -0.15) is 0 Å². The highest BCUT2D eigenvalue weighted by molar-refractivity contribution is 6.09. The fraction of sp³-hybridized carbons (Fsp3) is 0.400. The molecule has 1 aromatic heterocycles. The van der Waals surface area contributed by atoms with Gasteiger partial charge in [-0.3, -0.25) is 4.79 Å². The summed E-state index contributed by atoms with van der Waals surface area (Å²) in [4.78, 5) is 12.9. The number of carbonyl (C=O) groups excluding carboxylic acids is 1. The number of nitrogens with one attached hydrogen (secondary N) is 1. The van der Waals surface area contributed by atoms with Gasteiger partial charge in [-0.25, -0.2) is 0 Å². The van der Waals surface area contributed by atoms with Crippen LogP contribution in [0.1, 0.15) is 47.7 Å². The summed E-state index contributed by atoms with van der Waals surface area (Å²) in [6.45, 7) is 5.93. The van der Waals surface area contributed by atoms with Crippen molar-refractivity contribution in [3.8, 4) is 11.5 Å². The molecule has 1 aliphatic rings. The first kappa shape index (κ1) is 18.8. The molecular weight excluding hydrogens is 348 g/mol. The Morgan fingerprint density at radius 2 is 2.00 bits per heavy atom. The van der Waals surface area contributed by atoms with E-state index in [-0.39, 0.29) is 11.2 Å². The molecule has 2 aromatic rings. The zero-order valence-corrected chi connectivity index (χ0v) is 16.2. The van der Waals surface area contributed by atoms with E-state index in [9.17, 15) is 10.0 Å². The molecule has 1 aromatic carbocycles. The van der Waals surface area contributed by atoms with Crippen LogP contribution < -0.4 is 14.8 Å². The van der Waals surface area contributed by atoms with Gasteiger partial charge in [0.25, 0.3) is 5.91 Å². The molecule has 0 atom stereocenters. The molecule has 144 valence electrons. The molecule has 0 fully saturated rings. The predicted molar refractivity (Wildman–Crippen MR) is 101 cm³/mol. The van der Waals surface area contributed by atoms with Crippen molar-refractivity contribution in [2.24, 2.45) is 10.6 Å². The fourth-order valence-corrected chi connectivity index (χ4v) is 3.51. The van der Waals surface area contributed by atoms with Gasteiger partial charge in [-0.1, -0.05) is 19.0 Å². The number of oxime groups is 1. The van der Waals surface area contributed by atoms with E-state index < -0.39 is 5.91 Å². The van der Waals surface area contributed by atoms with Gasteiger partial charge in [-0.15, -0.1) is 0 Å². The van der Waals surface area contributed by atoms with Crippen LogP contribution in [0.2, 0.25) is 0 Å². The molecule has 0 bridgehead atoms. The lowest BCUT2D eigenvalue weighted by molar-refractivity contribution is 0.0992. The Labute approximate surface area is 158 Å². The summed E-state index contributed by atoms with van der Waals surface area (Å²) in [5.41, 5.74) is 2.29. The number of fused-ring (bicyclic) bond motifs is 1. The number of benzene rings is 1. The number of carbonyl (C=O) groups is 1. The van der Waals surface area contributed by atoms with Crippen LogP contribution in [0, 0.1) is 12.3 Å². The first-order valence-electron chi connectivity index (χ1n) is 8.66. The highest BCUT2D eigenvalue weighted by Crippen LogP contribution is 2.39. The monoisotopic (exact) mass is 372 g/mol. The summed E-state index contributed by atoms with van der Waals surface area (Å²) in [7, 11) is 3.08. The van der Waals surface area contributed by atoms with Crippen molar-refractivity contribution in [1.29, 1.82) is 0 Å². The Morgan fingerprint density at radius 3 is 2.63 bits per heavy atom. The average molecular weight is 372 g/mol. The second-order valence-corrected chi connectivity index (χ2v) is 7.44. The number of furan rings is 1. The molecule has 3 rings (SSSR count).